The first-order valence-electron chi connectivity index (χ1n) is 3.51. The first kappa shape index (κ1) is 5.27. The Morgan fingerprint density at radius 3 is 3.33 bits per heavy atom. The number of rotatable bonds is 0. The van der Waals surface area contributed by atoms with Crippen molar-refractivity contribution in [3.63, 3.8) is 0 Å². The van der Waals surface area contributed by atoms with Gasteiger partial charge in [0.1, 0.15) is 0 Å². The van der Waals surface area contributed by atoms with E-state index >= 15 is 0 Å². The third-order valence-corrected chi connectivity index (χ3v) is 2.18. The largest absolute Gasteiger partial charge is 0.339 e. The van der Waals surface area contributed by atoms with Gasteiger partial charge in [0.25, 0.3) is 0 Å². The Labute approximate surface area is 54.8 Å². The van der Waals surface area contributed by atoms with Crippen molar-refractivity contribution in [2.75, 3.05) is 6.54 Å². The highest BCUT2D eigenvalue weighted by atomic mass is 16.2. The van der Waals surface area contributed by atoms with Crippen LogP contribution in [0.1, 0.15) is 19.3 Å². The van der Waals surface area contributed by atoms with Crippen LogP contribution in [-0.2, 0) is 4.79 Å². The lowest BCUT2D eigenvalue weighted by molar-refractivity contribution is -0.127. The summed E-state index contributed by atoms with van der Waals surface area (Å²) in [6.45, 7) is 1.00. The van der Waals surface area contributed by atoms with E-state index in [1.54, 1.807) is 0 Å². The minimum Gasteiger partial charge on any atom is -0.339 e. The lowest BCUT2D eigenvalue weighted by atomic mass is 10.2. The summed E-state index contributed by atoms with van der Waals surface area (Å²) in [5.74, 6) is 0.331. The van der Waals surface area contributed by atoms with Crippen molar-refractivity contribution in [2.24, 2.45) is 0 Å². The number of nitrogens with zero attached hydrogens (tertiary/aromatic N) is 1. The second-order valence-electron chi connectivity index (χ2n) is 2.74. The molecule has 2 heterocycles. The molecule has 1 unspecified atom stereocenters. The Hall–Kier alpha value is -0.530. The highest BCUT2D eigenvalue weighted by Crippen LogP contribution is 2.27. The SMILES string of the molecule is O=C1C[CH]C2CCCN12. The summed E-state index contributed by atoms with van der Waals surface area (Å²) in [6, 6.07) is 0.512. The zero-order valence-electron chi connectivity index (χ0n) is 5.34. The normalized spacial score (nSPS) is 33.6. The number of carbonyl (C=O) groups is 1. The third-order valence-electron chi connectivity index (χ3n) is 2.18. The van der Waals surface area contributed by atoms with Gasteiger partial charge < -0.3 is 4.90 Å². The van der Waals surface area contributed by atoms with E-state index in [0.29, 0.717) is 18.4 Å². The third kappa shape index (κ3) is 0.655. The molecule has 0 saturated carbocycles. The number of amides is 1. The first-order valence-corrected chi connectivity index (χ1v) is 3.51. The average Bonchev–Trinajstić information content (AvgIpc) is 2.35. The van der Waals surface area contributed by atoms with Crippen molar-refractivity contribution in [1.82, 2.24) is 4.90 Å². The van der Waals surface area contributed by atoms with Crippen LogP contribution in [-0.4, -0.2) is 23.4 Å². The summed E-state index contributed by atoms with van der Waals surface area (Å²) in [5.41, 5.74) is 0. The fourth-order valence-electron chi connectivity index (χ4n) is 1.70. The van der Waals surface area contributed by atoms with E-state index in [-0.39, 0.29) is 0 Å². The predicted octanol–water partition coefficient (Wildman–Crippen LogP) is 0.585. The molecule has 1 amide bonds. The van der Waals surface area contributed by atoms with Crippen LogP contribution in [0.5, 0.6) is 0 Å². The highest BCUT2D eigenvalue weighted by Gasteiger charge is 2.34. The maximum Gasteiger partial charge on any atom is 0.223 e. The molecule has 2 fully saturated rings. The summed E-state index contributed by atoms with van der Waals surface area (Å²) in [7, 11) is 0. The molecule has 0 bridgehead atoms. The Morgan fingerprint density at radius 2 is 2.56 bits per heavy atom. The molecule has 1 radical (unpaired) electrons. The second kappa shape index (κ2) is 1.72. The molecule has 0 N–H and O–H groups in total. The van der Waals surface area contributed by atoms with Gasteiger partial charge in [-0.15, -0.1) is 0 Å². The molecule has 0 aromatic carbocycles. The summed E-state index contributed by atoms with van der Waals surface area (Å²) < 4.78 is 0. The van der Waals surface area contributed by atoms with Crippen molar-refractivity contribution in [2.45, 2.75) is 25.3 Å². The van der Waals surface area contributed by atoms with Gasteiger partial charge in [-0.1, -0.05) is 0 Å². The Kier molecular flexibility index (Phi) is 1.01. The van der Waals surface area contributed by atoms with Gasteiger partial charge in [-0.3, -0.25) is 4.79 Å². The fraction of sp³-hybridized carbons (Fsp3) is 0.714. The predicted molar refractivity (Wildman–Crippen MR) is 33.7 cm³/mol. The molecule has 0 spiro atoms. The number of hydrogen-bond acceptors (Lipinski definition) is 1. The topological polar surface area (TPSA) is 20.3 Å². The summed E-state index contributed by atoms with van der Waals surface area (Å²) in [4.78, 5) is 12.9. The molecule has 9 heavy (non-hydrogen) atoms. The molecular formula is C7H10NO. The van der Waals surface area contributed by atoms with E-state index in [1.807, 2.05) is 4.90 Å². The minimum atomic E-state index is 0.331. The summed E-state index contributed by atoms with van der Waals surface area (Å²) in [6.07, 6.45) is 5.22. The van der Waals surface area contributed by atoms with Crippen molar-refractivity contribution in [3.05, 3.63) is 6.42 Å². The van der Waals surface area contributed by atoms with E-state index in [2.05, 4.69) is 6.42 Å². The molecule has 2 aliphatic rings. The van der Waals surface area contributed by atoms with Crippen LogP contribution in [0.4, 0.5) is 0 Å². The zero-order valence-corrected chi connectivity index (χ0v) is 5.34. The smallest absolute Gasteiger partial charge is 0.223 e. The Bertz CT molecular complexity index is 144. The zero-order chi connectivity index (χ0) is 6.27. The van der Waals surface area contributed by atoms with Crippen LogP contribution in [0, 0.1) is 6.42 Å². The molecule has 0 aromatic rings. The minimum absolute atomic E-state index is 0.331. The van der Waals surface area contributed by atoms with E-state index in [4.69, 9.17) is 0 Å². The number of carbonyl (C=O) groups excluding carboxylic acids is 1. The van der Waals surface area contributed by atoms with Crippen molar-refractivity contribution >= 4 is 5.91 Å². The summed E-state index contributed by atoms with van der Waals surface area (Å²) in [5, 5.41) is 0. The molecule has 49 valence electrons. The van der Waals surface area contributed by atoms with Crippen LogP contribution in [0.2, 0.25) is 0 Å². The molecule has 2 heteroatoms. The monoisotopic (exact) mass is 124 g/mol. The van der Waals surface area contributed by atoms with Gasteiger partial charge in [-0.25, -0.2) is 0 Å². The number of fused-ring (bicyclic) bond motifs is 1. The van der Waals surface area contributed by atoms with Crippen LogP contribution >= 0.6 is 0 Å². The highest BCUT2D eigenvalue weighted by molar-refractivity contribution is 5.81. The van der Waals surface area contributed by atoms with Crippen molar-refractivity contribution < 1.29 is 4.79 Å². The lowest BCUT2D eigenvalue weighted by Crippen LogP contribution is -2.26. The van der Waals surface area contributed by atoms with Gasteiger partial charge in [0.2, 0.25) is 5.91 Å². The van der Waals surface area contributed by atoms with Gasteiger partial charge >= 0.3 is 0 Å². The van der Waals surface area contributed by atoms with Gasteiger partial charge in [-0.2, -0.15) is 0 Å². The first-order chi connectivity index (χ1) is 4.38. The molecule has 2 saturated heterocycles. The molecule has 2 rings (SSSR count). The van der Waals surface area contributed by atoms with Gasteiger partial charge in [0, 0.05) is 19.0 Å². The van der Waals surface area contributed by atoms with Crippen LogP contribution < -0.4 is 0 Å². The van der Waals surface area contributed by atoms with Crippen LogP contribution in [0.15, 0.2) is 0 Å². The molecule has 2 nitrogen and oxygen atoms in total. The number of hydrogen-bond donors (Lipinski definition) is 0. The standard InChI is InChI=1S/C7H10NO/c9-7-4-3-6-2-1-5-8(6)7/h3,6H,1-2,4-5H2. The maximum absolute atomic E-state index is 11.0. The van der Waals surface area contributed by atoms with Gasteiger partial charge in [-0.05, 0) is 19.3 Å². The Balaban J connectivity index is 2.15. The molecule has 0 aromatic heterocycles. The van der Waals surface area contributed by atoms with E-state index < -0.39 is 0 Å². The van der Waals surface area contributed by atoms with Crippen molar-refractivity contribution in [1.29, 1.82) is 0 Å². The second-order valence-corrected chi connectivity index (χ2v) is 2.74. The fourth-order valence-corrected chi connectivity index (χ4v) is 1.70. The Morgan fingerprint density at radius 1 is 1.67 bits per heavy atom. The van der Waals surface area contributed by atoms with Crippen LogP contribution in [0.25, 0.3) is 0 Å². The lowest BCUT2D eigenvalue weighted by Gasteiger charge is -2.13. The van der Waals surface area contributed by atoms with E-state index in [1.165, 1.54) is 12.8 Å². The molecule has 0 aliphatic carbocycles. The molecule has 2 aliphatic heterocycles. The van der Waals surface area contributed by atoms with Gasteiger partial charge in [0.15, 0.2) is 0 Å². The average molecular weight is 124 g/mol. The van der Waals surface area contributed by atoms with Crippen LogP contribution in [0.3, 0.4) is 0 Å². The van der Waals surface area contributed by atoms with E-state index in [9.17, 15) is 4.79 Å². The molecular weight excluding hydrogens is 114 g/mol. The van der Waals surface area contributed by atoms with Gasteiger partial charge in [0.05, 0.1) is 0 Å². The quantitative estimate of drug-likeness (QED) is 0.462. The summed E-state index contributed by atoms with van der Waals surface area (Å²) >= 11 is 0. The van der Waals surface area contributed by atoms with Crippen molar-refractivity contribution in [3.8, 4) is 0 Å². The maximum atomic E-state index is 11.0. The van der Waals surface area contributed by atoms with E-state index in [0.717, 1.165) is 6.54 Å². The molecule has 1 atom stereocenters.